The van der Waals surface area contributed by atoms with Gasteiger partial charge in [-0.15, -0.1) is 0 Å². The van der Waals surface area contributed by atoms with Crippen molar-refractivity contribution in [3.8, 4) is 0 Å². The molecule has 1 atom stereocenters. The van der Waals surface area contributed by atoms with Gasteiger partial charge in [0, 0.05) is 13.2 Å². The van der Waals surface area contributed by atoms with Gasteiger partial charge in [0.15, 0.2) is 0 Å². The molecule has 1 aromatic rings. The third-order valence-electron chi connectivity index (χ3n) is 4.32. The molecule has 19 heavy (non-hydrogen) atoms. The van der Waals surface area contributed by atoms with Crippen molar-refractivity contribution in [2.24, 2.45) is 5.84 Å². The summed E-state index contributed by atoms with van der Waals surface area (Å²) in [6.45, 7) is 1.93. The van der Waals surface area contributed by atoms with Crippen LogP contribution in [0, 0.1) is 12.7 Å². The van der Waals surface area contributed by atoms with Crippen LogP contribution >= 0.6 is 0 Å². The molecular weight excluding hydrogens is 243 g/mol. The first kappa shape index (κ1) is 14.4. The summed E-state index contributed by atoms with van der Waals surface area (Å²) in [6.07, 6.45) is 5.12. The van der Waals surface area contributed by atoms with Gasteiger partial charge in [-0.3, -0.25) is 11.3 Å². The summed E-state index contributed by atoms with van der Waals surface area (Å²) in [6, 6.07) is 5.07. The summed E-state index contributed by atoms with van der Waals surface area (Å²) in [5, 5.41) is 0. The van der Waals surface area contributed by atoms with Crippen LogP contribution in [0.3, 0.4) is 0 Å². The minimum Gasteiger partial charge on any atom is -0.378 e. The van der Waals surface area contributed by atoms with E-state index in [4.69, 9.17) is 10.6 Å². The maximum Gasteiger partial charge on any atom is 0.123 e. The molecule has 0 radical (unpaired) electrons. The summed E-state index contributed by atoms with van der Waals surface area (Å²) < 4.78 is 18.7. The Hall–Kier alpha value is -0.970. The molecule has 106 valence electrons. The van der Waals surface area contributed by atoms with Crippen molar-refractivity contribution in [3.63, 3.8) is 0 Å². The van der Waals surface area contributed by atoms with Gasteiger partial charge in [-0.05, 0) is 62.3 Å². The number of hydrazine groups is 1. The molecule has 0 spiro atoms. The Morgan fingerprint density at radius 2 is 2.21 bits per heavy atom. The van der Waals surface area contributed by atoms with E-state index in [1.165, 1.54) is 12.5 Å². The maximum atomic E-state index is 13.1. The van der Waals surface area contributed by atoms with Crippen molar-refractivity contribution < 1.29 is 9.13 Å². The Balaban J connectivity index is 2.02. The largest absolute Gasteiger partial charge is 0.378 e. The highest BCUT2D eigenvalue weighted by Gasteiger charge is 2.38. The predicted octanol–water partition coefficient (Wildman–Crippen LogP) is 2.47. The SMILES string of the molecule is COC1(CC(Cc2ccc(F)cc2C)NN)CCC1. The van der Waals surface area contributed by atoms with Crippen molar-refractivity contribution in [2.45, 2.75) is 50.7 Å². The number of hydrogen-bond acceptors (Lipinski definition) is 3. The lowest BCUT2D eigenvalue weighted by Crippen LogP contribution is -2.48. The topological polar surface area (TPSA) is 47.3 Å². The molecule has 1 aliphatic carbocycles. The van der Waals surface area contributed by atoms with Crippen molar-refractivity contribution in [1.82, 2.24) is 5.43 Å². The molecule has 0 heterocycles. The quantitative estimate of drug-likeness (QED) is 0.614. The van der Waals surface area contributed by atoms with Crippen molar-refractivity contribution in [2.75, 3.05) is 7.11 Å². The summed E-state index contributed by atoms with van der Waals surface area (Å²) in [5.74, 6) is 5.47. The minimum atomic E-state index is -0.189. The second-order valence-corrected chi connectivity index (χ2v) is 5.58. The van der Waals surface area contributed by atoms with Crippen molar-refractivity contribution in [3.05, 3.63) is 35.1 Å². The van der Waals surface area contributed by atoms with Crippen molar-refractivity contribution in [1.29, 1.82) is 0 Å². The fourth-order valence-corrected chi connectivity index (χ4v) is 2.86. The number of halogens is 1. The molecule has 1 fully saturated rings. The molecule has 0 bridgehead atoms. The van der Waals surface area contributed by atoms with E-state index in [1.54, 1.807) is 13.2 Å². The third kappa shape index (κ3) is 3.32. The van der Waals surface area contributed by atoms with Crippen molar-refractivity contribution >= 4 is 0 Å². The first-order valence-corrected chi connectivity index (χ1v) is 6.85. The van der Waals surface area contributed by atoms with E-state index in [0.717, 1.165) is 36.8 Å². The average Bonchev–Trinajstić information content (AvgIpc) is 2.35. The molecule has 1 aromatic carbocycles. The van der Waals surface area contributed by atoms with E-state index in [0.29, 0.717) is 0 Å². The monoisotopic (exact) mass is 266 g/mol. The molecular formula is C15H23FN2O. The number of methoxy groups -OCH3 is 1. The zero-order chi connectivity index (χ0) is 13.9. The molecule has 3 nitrogen and oxygen atoms in total. The summed E-state index contributed by atoms with van der Waals surface area (Å²) in [7, 11) is 1.77. The van der Waals surface area contributed by atoms with Gasteiger partial charge in [0.05, 0.1) is 5.60 Å². The Bertz CT molecular complexity index is 427. The number of ether oxygens (including phenoxy) is 1. The van der Waals surface area contributed by atoms with Gasteiger partial charge in [-0.2, -0.15) is 0 Å². The smallest absolute Gasteiger partial charge is 0.123 e. The van der Waals surface area contributed by atoms with Gasteiger partial charge in [0.2, 0.25) is 0 Å². The number of rotatable bonds is 6. The highest BCUT2D eigenvalue weighted by molar-refractivity contribution is 5.27. The molecule has 0 aliphatic heterocycles. The summed E-state index contributed by atoms with van der Waals surface area (Å²) >= 11 is 0. The van der Waals surface area contributed by atoms with Crippen LogP contribution in [0.5, 0.6) is 0 Å². The standard InChI is InChI=1S/C15H23FN2O/c1-11-8-13(16)5-4-12(11)9-14(18-17)10-15(19-2)6-3-7-15/h4-5,8,14,18H,3,6-7,9-10,17H2,1-2H3. The van der Waals surface area contributed by atoms with Crippen LogP contribution in [0.15, 0.2) is 18.2 Å². The van der Waals surface area contributed by atoms with E-state index in [9.17, 15) is 4.39 Å². The highest BCUT2D eigenvalue weighted by atomic mass is 19.1. The minimum absolute atomic E-state index is 0.00896. The lowest BCUT2D eigenvalue weighted by Gasteiger charge is -2.42. The van der Waals surface area contributed by atoms with Crippen LogP contribution < -0.4 is 11.3 Å². The Labute approximate surface area is 114 Å². The zero-order valence-corrected chi connectivity index (χ0v) is 11.7. The van der Waals surface area contributed by atoms with Crippen LogP contribution in [-0.2, 0) is 11.2 Å². The fourth-order valence-electron chi connectivity index (χ4n) is 2.86. The number of benzene rings is 1. The summed E-state index contributed by atoms with van der Waals surface area (Å²) in [4.78, 5) is 0. The highest BCUT2D eigenvalue weighted by Crippen LogP contribution is 2.39. The predicted molar refractivity (Wildman–Crippen MR) is 74.2 cm³/mol. The van der Waals surface area contributed by atoms with E-state index in [-0.39, 0.29) is 17.5 Å². The Kier molecular flexibility index (Phi) is 4.55. The Morgan fingerprint density at radius 3 is 2.68 bits per heavy atom. The molecule has 1 unspecified atom stereocenters. The molecule has 4 heteroatoms. The molecule has 0 amide bonds. The second-order valence-electron chi connectivity index (χ2n) is 5.58. The lowest BCUT2D eigenvalue weighted by molar-refractivity contribution is -0.0834. The third-order valence-corrected chi connectivity index (χ3v) is 4.32. The molecule has 3 N–H and O–H groups in total. The maximum absolute atomic E-state index is 13.1. The summed E-state index contributed by atoms with van der Waals surface area (Å²) in [5.41, 5.74) is 4.97. The van der Waals surface area contributed by atoms with Gasteiger partial charge in [0.1, 0.15) is 5.82 Å². The fraction of sp³-hybridized carbons (Fsp3) is 0.600. The van der Waals surface area contributed by atoms with Gasteiger partial charge < -0.3 is 4.74 Å². The van der Waals surface area contributed by atoms with Gasteiger partial charge >= 0.3 is 0 Å². The first-order valence-electron chi connectivity index (χ1n) is 6.85. The molecule has 0 saturated heterocycles. The van der Waals surface area contributed by atoms with E-state index in [1.807, 2.05) is 13.0 Å². The average molecular weight is 266 g/mol. The van der Waals surface area contributed by atoms with Crippen LogP contribution in [0.1, 0.15) is 36.8 Å². The second kappa shape index (κ2) is 5.99. The number of nitrogens with two attached hydrogens (primary N) is 1. The van der Waals surface area contributed by atoms with Gasteiger partial charge in [0.25, 0.3) is 0 Å². The van der Waals surface area contributed by atoms with Gasteiger partial charge in [-0.1, -0.05) is 6.07 Å². The van der Waals surface area contributed by atoms with Gasteiger partial charge in [-0.25, -0.2) is 4.39 Å². The first-order chi connectivity index (χ1) is 9.08. The molecule has 0 aromatic heterocycles. The van der Waals surface area contributed by atoms with E-state index in [2.05, 4.69) is 5.43 Å². The molecule has 2 rings (SSSR count). The lowest BCUT2D eigenvalue weighted by atomic mass is 9.75. The number of hydrogen-bond donors (Lipinski definition) is 2. The zero-order valence-electron chi connectivity index (χ0n) is 11.7. The van der Waals surface area contributed by atoms with E-state index < -0.39 is 0 Å². The molecule has 1 aliphatic rings. The Morgan fingerprint density at radius 1 is 1.47 bits per heavy atom. The van der Waals surface area contributed by atoms with E-state index >= 15 is 0 Å². The van der Waals surface area contributed by atoms with Crippen LogP contribution in [-0.4, -0.2) is 18.8 Å². The number of aryl methyl sites for hydroxylation is 1. The van der Waals surface area contributed by atoms with Crippen LogP contribution in [0.2, 0.25) is 0 Å². The van der Waals surface area contributed by atoms with Crippen LogP contribution in [0.4, 0.5) is 4.39 Å². The normalized spacial score (nSPS) is 18.9. The number of nitrogens with one attached hydrogen (secondary N) is 1. The van der Waals surface area contributed by atoms with Crippen LogP contribution in [0.25, 0.3) is 0 Å². The molecule has 1 saturated carbocycles.